The maximum absolute atomic E-state index is 11.2. The average molecular weight is 290 g/mol. The van der Waals surface area contributed by atoms with Gasteiger partial charge in [-0.25, -0.2) is 4.79 Å². The number of cyclic esters (lactones) is 1. The molecule has 0 aliphatic carbocycles. The molecule has 0 radical (unpaired) electrons. The minimum absolute atomic E-state index is 0. The van der Waals surface area contributed by atoms with Gasteiger partial charge in [0.15, 0.2) is 0 Å². The van der Waals surface area contributed by atoms with E-state index < -0.39 is 6.09 Å². The van der Waals surface area contributed by atoms with Gasteiger partial charge in [-0.15, -0.1) is 12.4 Å². The predicted molar refractivity (Wildman–Crippen MR) is 70.3 cm³/mol. The number of rotatable bonds is 3. The lowest BCUT2D eigenvalue weighted by Crippen LogP contribution is -2.35. The molecule has 2 rings (SSSR count). The van der Waals surface area contributed by atoms with Crippen LogP contribution in [0.4, 0.5) is 4.79 Å². The van der Waals surface area contributed by atoms with Crippen LogP contribution in [0.25, 0.3) is 0 Å². The van der Waals surface area contributed by atoms with Crippen LogP contribution < -0.4 is 14.8 Å². The van der Waals surface area contributed by atoms with Crippen LogP contribution in [0, 0.1) is 0 Å². The highest BCUT2D eigenvalue weighted by Gasteiger charge is 2.27. The molecule has 1 amide bonds. The summed E-state index contributed by atoms with van der Waals surface area (Å²) in [7, 11) is 3.00. The Kier molecular flexibility index (Phi) is 5.11. The first-order valence-corrected chi connectivity index (χ1v) is 5.54. The first-order valence-electron chi connectivity index (χ1n) is 5.54. The SMILES string of the molecule is COc1cc(O)cc(OC)c1[C@H]1CCOC(=O)N1.Cl. The van der Waals surface area contributed by atoms with Crippen molar-refractivity contribution < 1.29 is 24.1 Å². The maximum atomic E-state index is 11.2. The fraction of sp³-hybridized carbons (Fsp3) is 0.417. The van der Waals surface area contributed by atoms with Gasteiger partial charge < -0.3 is 24.6 Å². The monoisotopic (exact) mass is 289 g/mol. The highest BCUT2D eigenvalue weighted by atomic mass is 35.5. The van der Waals surface area contributed by atoms with Crippen LogP contribution in [0.3, 0.4) is 0 Å². The van der Waals surface area contributed by atoms with Gasteiger partial charge in [-0.1, -0.05) is 0 Å². The number of carbonyl (C=O) groups is 1. The van der Waals surface area contributed by atoms with E-state index in [-0.39, 0.29) is 24.2 Å². The average Bonchev–Trinajstić information content (AvgIpc) is 2.37. The van der Waals surface area contributed by atoms with E-state index in [4.69, 9.17) is 14.2 Å². The van der Waals surface area contributed by atoms with Gasteiger partial charge in [0, 0.05) is 18.6 Å². The number of benzene rings is 1. The second-order valence-corrected chi connectivity index (χ2v) is 3.89. The third-order valence-corrected chi connectivity index (χ3v) is 2.81. The van der Waals surface area contributed by atoms with E-state index in [1.54, 1.807) is 0 Å². The van der Waals surface area contributed by atoms with Crippen molar-refractivity contribution in [2.75, 3.05) is 20.8 Å². The summed E-state index contributed by atoms with van der Waals surface area (Å²) in [4.78, 5) is 11.2. The summed E-state index contributed by atoms with van der Waals surface area (Å²) in [6.45, 7) is 0.337. The molecule has 1 aromatic rings. The van der Waals surface area contributed by atoms with Gasteiger partial charge in [0.25, 0.3) is 0 Å². The zero-order valence-corrected chi connectivity index (χ0v) is 11.5. The zero-order chi connectivity index (χ0) is 13.1. The highest BCUT2D eigenvalue weighted by Crippen LogP contribution is 2.39. The Labute approximate surface area is 117 Å². The van der Waals surface area contributed by atoms with Crippen molar-refractivity contribution in [3.05, 3.63) is 17.7 Å². The molecule has 19 heavy (non-hydrogen) atoms. The van der Waals surface area contributed by atoms with Gasteiger partial charge in [0.05, 0.1) is 32.4 Å². The van der Waals surface area contributed by atoms with Crippen molar-refractivity contribution in [2.24, 2.45) is 0 Å². The number of ether oxygens (including phenoxy) is 3. The van der Waals surface area contributed by atoms with Gasteiger partial charge in [-0.05, 0) is 0 Å². The maximum Gasteiger partial charge on any atom is 0.407 e. The molecule has 1 saturated heterocycles. The van der Waals surface area contributed by atoms with E-state index in [0.29, 0.717) is 30.1 Å². The van der Waals surface area contributed by atoms with Crippen molar-refractivity contribution in [3.63, 3.8) is 0 Å². The summed E-state index contributed by atoms with van der Waals surface area (Å²) in [6.07, 6.45) is 0.145. The molecule has 1 aliphatic heterocycles. The fourth-order valence-electron chi connectivity index (χ4n) is 2.01. The third kappa shape index (κ3) is 3.14. The number of methoxy groups -OCH3 is 2. The van der Waals surface area contributed by atoms with Crippen LogP contribution in [-0.2, 0) is 4.74 Å². The van der Waals surface area contributed by atoms with E-state index in [2.05, 4.69) is 5.32 Å². The number of nitrogens with one attached hydrogen (secondary N) is 1. The molecule has 0 unspecified atom stereocenters. The number of aromatic hydroxyl groups is 1. The van der Waals surface area contributed by atoms with Crippen molar-refractivity contribution >= 4 is 18.5 Å². The summed E-state index contributed by atoms with van der Waals surface area (Å²) in [5.74, 6) is 0.990. The Balaban J connectivity index is 0.00000180. The molecular formula is C12H16ClNO5. The number of amides is 1. The van der Waals surface area contributed by atoms with E-state index >= 15 is 0 Å². The first kappa shape index (κ1) is 15.2. The summed E-state index contributed by atoms with van der Waals surface area (Å²) >= 11 is 0. The molecule has 1 aliphatic rings. The Morgan fingerprint density at radius 3 is 2.37 bits per heavy atom. The Hall–Kier alpha value is -1.82. The van der Waals surface area contributed by atoms with Gasteiger partial charge >= 0.3 is 6.09 Å². The number of halogens is 1. The molecule has 6 nitrogen and oxygen atoms in total. The number of alkyl carbamates (subject to hydrolysis) is 1. The molecule has 0 saturated carbocycles. The normalized spacial score (nSPS) is 17.8. The van der Waals surface area contributed by atoms with Crippen molar-refractivity contribution in [1.82, 2.24) is 5.32 Å². The molecule has 1 fully saturated rings. The standard InChI is InChI=1S/C12H15NO5.ClH/c1-16-9-5-7(14)6-10(17-2)11(9)8-3-4-18-12(15)13-8;/h5-6,8,14H,3-4H2,1-2H3,(H,13,15);1H/t8-;/m1./s1. The quantitative estimate of drug-likeness (QED) is 0.890. The van der Waals surface area contributed by atoms with Crippen LogP contribution in [-0.4, -0.2) is 32.0 Å². The minimum atomic E-state index is -0.469. The molecule has 1 aromatic carbocycles. The number of carbonyl (C=O) groups excluding carboxylic acids is 1. The second-order valence-electron chi connectivity index (χ2n) is 3.89. The molecule has 0 aromatic heterocycles. The fourth-order valence-corrected chi connectivity index (χ4v) is 2.01. The van der Waals surface area contributed by atoms with Crippen LogP contribution in [0.2, 0.25) is 0 Å². The molecular weight excluding hydrogens is 274 g/mol. The number of hydrogen-bond acceptors (Lipinski definition) is 5. The van der Waals surface area contributed by atoms with Crippen LogP contribution >= 0.6 is 12.4 Å². The lowest BCUT2D eigenvalue weighted by molar-refractivity contribution is 0.114. The van der Waals surface area contributed by atoms with E-state index in [9.17, 15) is 9.90 Å². The van der Waals surface area contributed by atoms with Crippen molar-refractivity contribution in [2.45, 2.75) is 12.5 Å². The largest absolute Gasteiger partial charge is 0.508 e. The minimum Gasteiger partial charge on any atom is -0.508 e. The van der Waals surface area contributed by atoms with E-state index in [1.165, 1.54) is 26.4 Å². The van der Waals surface area contributed by atoms with Gasteiger partial charge in [-0.3, -0.25) is 0 Å². The number of hydrogen-bond donors (Lipinski definition) is 2. The Morgan fingerprint density at radius 2 is 1.89 bits per heavy atom. The molecule has 1 heterocycles. The van der Waals surface area contributed by atoms with E-state index in [0.717, 1.165) is 0 Å². The first-order chi connectivity index (χ1) is 8.65. The summed E-state index contributed by atoms with van der Waals surface area (Å²) in [5.41, 5.74) is 0.703. The Morgan fingerprint density at radius 1 is 1.32 bits per heavy atom. The lowest BCUT2D eigenvalue weighted by atomic mass is 10.0. The van der Waals surface area contributed by atoms with Gasteiger partial charge in [0.2, 0.25) is 0 Å². The molecule has 0 spiro atoms. The van der Waals surface area contributed by atoms with Gasteiger partial charge in [0.1, 0.15) is 17.2 Å². The second kappa shape index (κ2) is 6.38. The van der Waals surface area contributed by atoms with Crippen LogP contribution in [0.5, 0.6) is 17.2 Å². The Bertz CT molecular complexity index is 440. The topological polar surface area (TPSA) is 77.0 Å². The molecule has 1 atom stereocenters. The predicted octanol–water partition coefficient (Wildman–Crippen LogP) is 2.00. The van der Waals surface area contributed by atoms with Crippen LogP contribution in [0.1, 0.15) is 18.0 Å². The lowest BCUT2D eigenvalue weighted by Gasteiger charge is -2.26. The summed E-state index contributed by atoms with van der Waals surface area (Å²) in [5, 5.41) is 12.3. The van der Waals surface area contributed by atoms with Crippen molar-refractivity contribution in [3.8, 4) is 17.2 Å². The smallest absolute Gasteiger partial charge is 0.407 e. The summed E-state index contributed by atoms with van der Waals surface area (Å²) < 4.78 is 15.3. The van der Waals surface area contributed by atoms with Gasteiger partial charge in [-0.2, -0.15) is 0 Å². The number of phenolic OH excluding ortho intramolecular Hbond substituents is 1. The molecule has 106 valence electrons. The van der Waals surface area contributed by atoms with Crippen LogP contribution in [0.15, 0.2) is 12.1 Å². The summed E-state index contributed by atoms with van der Waals surface area (Å²) in [6, 6.07) is 2.72. The molecule has 2 N–H and O–H groups in total. The van der Waals surface area contributed by atoms with E-state index in [1.807, 2.05) is 0 Å². The number of phenols is 1. The van der Waals surface area contributed by atoms with Crippen molar-refractivity contribution in [1.29, 1.82) is 0 Å². The molecule has 0 bridgehead atoms. The highest BCUT2D eigenvalue weighted by molar-refractivity contribution is 5.85. The third-order valence-electron chi connectivity index (χ3n) is 2.81. The zero-order valence-electron chi connectivity index (χ0n) is 10.6. The molecule has 7 heteroatoms.